The number of fused-ring (bicyclic) bond motifs is 2. The molecule has 0 bridgehead atoms. The van der Waals surface area contributed by atoms with E-state index in [4.69, 9.17) is 9.51 Å². The van der Waals surface area contributed by atoms with Crippen LogP contribution >= 0.6 is 35.1 Å². The topological polar surface area (TPSA) is 71.3 Å². The number of nitrogens with zero attached hydrogens (tertiary/aromatic N) is 3. The minimum absolute atomic E-state index is 0. The van der Waals surface area contributed by atoms with Crippen LogP contribution in [0.15, 0.2) is 41.1 Å². The van der Waals surface area contributed by atoms with E-state index in [0.29, 0.717) is 0 Å². The van der Waals surface area contributed by atoms with E-state index < -0.39 is 0 Å². The highest BCUT2D eigenvalue weighted by Gasteiger charge is 2.27. The molecule has 0 atom stereocenters. The molecule has 0 spiro atoms. The lowest BCUT2D eigenvalue weighted by molar-refractivity contribution is 0.0988. The number of aromatic nitrogens is 2. The number of halogens is 1. The van der Waals surface area contributed by atoms with Crippen LogP contribution in [-0.2, 0) is 13.0 Å². The van der Waals surface area contributed by atoms with E-state index in [1.165, 1.54) is 16.6 Å². The Bertz CT molecular complexity index is 1120. The molecular weight excluding hydrogens is 428 g/mol. The summed E-state index contributed by atoms with van der Waals surface area (Å²) >= 11 is 3.31. The first-order valence-electron chi connectivity index (χ1n) is 9.17. The molecular formula is C20H19ClN4O2S2. The molecule has 29 heavy (non-hydrogen) atoms. The molecule has 1 aliphatic heterocycles. The van der Waals surface area contributed by atoms with Crippen LogP contribution in [0.5, 0.6) is 0 Å². The van der Waals surface area contributed by atoms with Gasteiger partial charge in [-0.1, -0.05) is 24.2 Å². The lowest BCUT2D eigenvalue weighted by Crippen LogP contribution is -2.29. The zero-order chi connectivity index (χ0) is 19.1. The van der Waals surface area contributed by atoms with Crippen LogP contribution in [-0.4, -0.2) is 34.0 Å². The van der Waals surface area contributed by atoms with E-state index in [9.17, 15) is 4.79 Å². The van der Waals surface area contributed by atoms with Gasteiger partial charge in [0.05, 0.1) is 16.4 Å². The molecule has 0 saturated carbocycles. The Labute approximate surface area is 182 Å². The van der Waals surface area contributed by atoms with Gasteiger partial charge in [0.2, 0.25) is 5.76 Å². The van der Waals surface area contributed by atoms with Crippen molar-refractivity contribution < 1.29 is 9.32 Å². The Balaban J connectivity index is 0.00000205. The zero-order valence-corrected chi connectivity index (χ0v) is 18.1. The Kier molecular flexibility index (Phi) is 5.69. The highest BCUT2D eigenvalue weighted by molar-refractivity contribution is 7.22. The number of hydrogen-bond acceptors (Lipinski definition) is 7. The summed E-state index contributed by atoms with van der Waals surface area (Å²) in [6.45, 7) is 5.13. The number of hydrogen-bond donors (Lipinski definition) is 1. The van der Waals surface area contributed by atoms with Gasteiger partial charge in [-0.25, -0.2) is 4.98 Å². The number of para-hydroxylation sites is 1. The average Bonchev–Trinajstić information content (AvgIpc) is 3.44. The van der Waals surface area contributed by atoms with Crippen LogP contribution < -0.4 is 5.32 Å². The van der Waals surface area contributed by atoms with Gasteiger partial charge >= 0.3 is 0 Å². The predicted octanol–water partition coefficient (Wildman–Crippen LogP) is 5.06. The first kappa shape index (κ1) is 20.0. The third-order valence-electron chi connectivity index (χ3n) is 4.98. The maximum absolute atomic E-state index is 12.6. The van der Waals surface area contributed by atoms with Crippen molar-refractivity contribution in [2.24, 2.45) is 0 Å². The number of thiazole rings is 1. The summed E-state index contributed by atoms with van der Waals surface area (Å²) in [4.78, 5) is 21.2. The molecule has 150 valence electrons. The third kappa shape index (κ3) is 3.69. The van der Waals surface area contributed by atoms with E-state index in [-0.39, 0.29) is 24.1 Å². The van der Waals surface area contributed by atoms with Crippen LogP contribution in [0.2, 0.25) is 0 Å². The molecule has 0 radical (unpaired) electrons. The Morgan fingerprint density at radius 2 is 2.14 bits per heavy atom. The predicted molar refractivity (Wildman–Crippen MR) is 119 cm³/mol. The van der Waals surface area contributed by atoms with Gasteiger partial charge in [0.25, 0.3) is 5.91 Å². The smallest absolute Gasteiger partial charge is 0.294 e. The lowest BCUT2D eigenvalue weighted by Gasteiger charge is -2.25. The second kappa shape index (κ2) is 8.23. The molecule has 0 unspecified atom stereocenters. The van der Waals surface area contributed by atoms with Gasteiger partial charge in [-0.2, -0.15) is 0 Å². The van der Waals surface area contributed by atoms with Gasteiger partial charge < -0.3 is 9.84 Å². The SMILES string of the molecule is CCN1CCc2c(sc(NC(=O)c3ccno3)c2-c2nc3ccccc3s2)C1.Cl. The van der Waals surface area contributed by atoms with Crippen LogP contribution in [0.25, 0.3) is 20.8 Å². The van der Waals surface area contributed by atoms with Gasteiger partial charge in [0, 0.05) is 29.6 Å². The zero-order valence-electron chi connectivity index (χ0n) is 15.7. The number of likely N-dealkylation sites (N-methyl/N-ethyl adjacent to an activating group) is 1. The van der Waals surface area contributed by atoms with Crippen molar-refractivity contribution in [1.82, 2.24) is 15.0 Å². The Morgan fingerprint density at radius 3 is 2.90 bits per heavy atom. The molecule has 0 aliphatic carbocycles. The van der Waals surface area contributed by atoms with Crippen LogP contribution in [0.3, 0.4) is 0 Å². The minimum Gasteiger partial charge on any atom is -0.351 e. The maximum Gasteiger partial charge on any atom is 0.294 e. The summed E-state index contributed by atoms with van der Waals surface area (Å²) in [5.74, 6) is -0.0809. The summed E-state index contributed by atoms with van der Waals surface area (Å²) in [7, 11) is 0. The van der Waals surface area contributed by atoms with E-state index >= 15 is 0 Å². The fourth-order valence-electron chi connectivity index (χ4n) is 3.52. The molecule has 3 aromatic heterocycles. The molecule has 4 aromatic rings. The normalized spacial score (nSPS) is 13.8. The molecule has 1 N–H and O–H groups in total. The minimum atomic E-state index is -0.286. The lowest BCUT2D eigenvalue weighted by atomic mass is 10.0. The fraction of sp³-hybridized carbons (Fsp3) is 0.250. The van der Waals surface area contributed by atoms with Gasteiger partial charge in [0.1, 0.15) is 10.0 Å². The average molecular weight is 447 g/mol. The summed E-state index contributed by atoms with van der Waals surface area (Å²) < 4.78 is 6.17. The second-order valence-corrected chi connectivity index (χ2v) is 8.78. The molecule has 9 heteroatoms. The Morgan fingerprint density at radius 1 is 1.28 bits per heavy atom. The number of carbonyl (C=O) groups is 1. The monoisotopic (exact) mass is 446 g/mol. The van der Waals surface area contributed by atoms with E-state index in [1.807, 2.05) is 18.2 Å². The van der Waals surface area contributed by atoms with Crippen molar-refractivity contribution in [3.05, 3.63) is 52.7 Å². The molecule has 1 amide bonds. The first-order valence-corrected chi connectivity index (χ1v) is 10.8. The van der Waals surface area contributed by atoms with Crippen molar-refractivity contribution in [2.45, 2.75) is 19.9 Å². The summed E-state index contributed by atoms with van der Waals surface area (Å²) in [6.07, 6.45) is 2.44. The summed E-state index contributed by atoms with van der Waals surface area (Å²) in [5.41, 5.74) is 3.35. The molecule has 4 heterocycles. The summed E-state index contributed by atoms with van der Waals surface area (Å²) in [5, 5.41) is 8.46. The van der Waals surface area contributed by atoms with Crippen molar-refractivity contribution in [3.63, 3.8) is 0 Å². The van der Waals surface area contributed by atoms with Gasteiger partial charge in [-0.05, 0) is 30.7 Å². The molecule has 6 nitrogen and oxygen atoms in total. The summed E-state index contributed by atoms with van der Waals surface area (Å²) in [6, 6.07) is 9.71. The highest BCUT2D eigenvalue weighted by atomic mass is 35.5. The number of nitrogens with one attached hydrogen (secondary N) is 1. The van der Waals surface area contributed by atoms with Crippen molar-refractivity contribution in [1.29, 1.82) is 0 Å². The largest absolute Gasteiger partial charge is 0.351 e. The van der Waals surface area contributed by atoms with Gasteiger partial charge in [0.15, 0.2) is 0 Å². The molecule has 0 saturated heterocycles. The molecule has 1 aliphatic rings. The number of amides is 1. The quantitative estimate of drug-likeness (QED) is 0.474. The van der Waals surface area contributed by atoms with Gasteiger partial charge in [-0.3, -0.25) is 9.69 Å². The number of benzene rings is 1. The molecule has 0 fully saturated rings. The second-order valence-electron chi connectivity index (χ2n) is 6.64. The van der Waals surface area contributed by atoms with Crippen molar-refractivity contribution >= 4 is 56.2 Å². The Hall–Kier alpha value is -2.26. The highest BCUT2D eigenvalue weighted by Crippen LogP contribution is 2.45. The molecule has 1 aromatic carbocycles. The van der Waals surface area contributed by atoms with E-state index in [2.05, 4.69) is 28.4 Å². The molecule has 5 rings (SSSR count). The number of carbonyl (C=O) groups excluding carboxylic acids is 1. The van der Waals surface area contributed by atoms with Gasteiger partial charge in [-0.15, -0.1) is 35.1 Å². The van der Waals surface area contributed by atoms with Crippen LogP contribution in [0, 0.1) is 0 Å². The van der Waals surface area contributed by atoms with E-state index in [0.717, 1.165) is 51.8 Å². The van der Waals surface area contributed by atoms with Crippen molar-refractivity contribution in [2.75, 3.05) is 18.4 Å². The van der Waals surface area contributed by atoms with Crippen LogP contribution in [0.4, 0.5) is 5.00 Å². The fourth-order valence-corrected chi connectivity index (χ4v) is 5.91. The van der Waals surface area contributed by atoms with E-state index in [1.54, 1.807) is 28.7 Å². The van der Waals surface area contributed by atoms with Crippen LogP contribution in [0.1, 0.15) is 27.9 Å². The number of thiophene rings is 1. The maximum atomic E-state index is 12.6. The number of anilines is 1. The third-order valence-corrected chi connectivity index (χ3v) is 7.17. The first-order chi connectivity index (χ1) is 13.7. The number of rotatable bonds is 4. The van der Waals surface area contributed by atoms with Crippen molar-refractivity contribution in [3.8, 4) is 10.6 Å². The standard InChI is InChI=1S/C20H18N4O2S2.ClH/c1-2-24-10-8-12-16(11-24)28-20(23-18(25)14-7-9-21-26-14)17(12)19-22-13-5-3-4-6-15(13)27-19;/h3-7,9H,2,8,10-11H2,1H3,(H,23,25);1H.